The first kappa shape index (κ1) is 28.7. The maximum absolute atomic E-state index is 9.21. The summed E-state index contributed by atoms with van der Waals surface area (Å²) in [5.74, 6) is 0.189. The number of benzene rings is 6. The molecule has 0 saturated heterocycles. The lowest BCUT2D eigenvalue weighted by molar-refractivity contribution is 0.670. The van der Waals surface area contributed by atoms with Crippen molar-refractivity contribution < 1.29 is 4.42 Å². The Morgan fingerprint density at radius 1 is 0.583 bits per heavy atom. The standard InChI is InChI=1S/C43H28N4O/c44-26-28-15-17-30(18-16-28)37-13-6-14-38-39-25-34(19-21-40(39)48-42(37)38)32-10-4-9-31(23-32)33-11-5-12-35(24-33)43(45)47-41-22-20-36(27-46-41)29-7-2-1-3-8-29/h1-25,27H,(H2,45,46,47). The van der Waals surface area contributed by atoms with Crippen LogP contribution in [0.3, 0.4) is 0 Å². The molecule has 0 fully saturated rings. The van der Waals surface area contributed by atoms with E-state index in [2.05, 4.69) is 82.8 Å². The van der Waals surface area contributed by atoms with Gasteiger partial charge < -0.3 is 9.40 Å². The molecule has 0 bridgehead atoms. The minimum Gasteiger partial charge on any atom is -0.455 e. The highest BCUT2D eigenvalue weighted by atomic mass is 16.3. The first-order chi connectivity index (χ1) is 23.6. The van der Waals surface area contributed by atoms with E-state index in [1.54, 1.807) is 0 Å². The predicted molar refractivity (Wildman–Crippen MR) is 193 cm³/mol. The number of para-hydroxylation sites is 1. The second kappa shape index (κ2) is 12.2. The van der Waals surface area contributed by atoms with Crippen LogP contribution in [0.15, 0.2) is 167 Å². The summed E-state index contributed by atoms with van der Waals surface area (Å²) in [5.41, 5.74) is 12.1. The highest BCUT2D eigenvalue weighted by molar-refractivity contribution is 6.10. The fourth-order valence-corrected chi connectivity index (χ4v) is 6.14. The molecule has 6 aromatic carbocycles. The number of H-pyrrole nitrogens is 1. The van der Waals surface area contributed by atoms with Gasteiger partial charge in [0.15, 0.2) is 5.84 Å². The lowest BCUT2D eigenvalue weighted by Crippen LogP contribution is -2.10. The van der Waals surface area contributed by atoms with Crippen molar-refractivity contribution in [3.8, 4) is 50.6 Å². The van der Waals surface area contributed by atoms with Gasteiger partial charge >= 0.3 is 0 Å². The van der Waals surface area contributed by atoms with E-state index >= 15 is 0 Å². The fourth-order valence-electron chi connectivity index (χ4n) is 6.14. The second-order valence-electron chi connectivity index (χ2n) is 11.6. The largest absolute Gasteiger partial charge is 0.455 e. The number of hydrogen-bond donors (Lipinski definition) is 2. The van der Waals surface area contributed by atoms with Gasteiger partial charge in [-0.15, -0.1) is 0 Å². The lowest BCUT2D eigenvalue weighted by Gasteiger charge is -2.08. The molecule has 0 atom stereocenters. The third-order valence-electron chi connectivity index (χ3n) is 8.62. The number of aromatic amines is 1. The molecule has 0 radical (unpaired) electrons. The summed E-state index contributed by atoms with van der Waals surface area (Å²) in [5, 5.41) is 20.0. The smallest absolute Gasteiger partial charge is 0.154 e. The van der Waals surface area contributed by atoms with Gasteiger partial charge in [0.1, 0.15) is 16.7 Å². The van der Waals surface area contributed by atoms with Crippen molar-refractivity contribution in [1.82, 2.24) is 4.98 Å². The van der Waals surface area contributed by atoms with Crippen molar-refractivity contribution in [2.45, 2.75) is 0 Å². The molecule has 0 saturated carbocycles. The SMILES string of the molecule is N#Cc1ccc(-c2cccc3c2oc2ccc(-c4cccc(-c5cccc(C(=N)N=c6ccc(-c7ccccc7)c[nH]6)c5)c4)cc23)cc1. The fraction of sp³-hybridized carbons (Fsp3) is 0. The summed E-state index contributed by atoms with van der Waals surface area (Å²) >= 11 is 0. The van der Waals surface area contributed by atoms with Gasteiger partial charge in [-0.2, -0.15) is 5.26 Å². The topological polar surface area (TPSA) is 88.9 Å². The van der Waals surface area contributed by atoms with Crippen molar-refractivity contribution in [2.24, 2.45) is 4.99 Å². The number of nitriles is 1. The van der Waals surface area contributed by atoms with E-state index < -0.39 is 0 Å². The molecule has 8 rings (SSSR count). The van der Waals surface area contributed by atoms with E-state index in [1.165, 1.54) is 0 Å². The molecule has 5 heteroatoms. The normalized spacial score (nSPS) is 11.5. The molecule has 8 aromatic rings. The third kappa shape index (κ3) is 5.49. The van der Waals surface area contributed by atoms with Gasteiger partial charge in [-0.3, -0.25) is 5.41 Å². The predicted octanol–water partition coefficient (Wildman–Crippen LogP) is 10.4. The molecular formula is C43H28N4O. The molecule has 48 heavy (non-hydrogen) atoms. The molecule has 2 N–H and O–H groups in total. The van der Waals surface area contributed by atoms with Crippen molar-refractivity contribution in [1.29, 1.82) is 10.7 Å². The van der Waals surface area contributed by atoms with Crippen LogP contribution in [0.2, 0.25) is 0 Å². The summed E-state index contributed by atoms with van der Waals surface area (Å²) < 4.78 is 6.39. The van der Waals surface area contributed by atoms with E-state index in [4.69, 9.17) is 9.83 Å². The van der Waals surface area contributed by atoms with Crippen LogP contribution in [0.25, 0.3) is 66.4 Å². The number of amidine groups is 1. The quantitative estimate of drug-likeness (QED) is 0.149. The lowest BCUT2D eigenvalue weighted by atomic mass is 9.96. The Morgan fingerprint density at radius 2 is 1.25 bits per heavy atom. The van der Waals surface area contributed by atoms with Crippen LogP contribution in [0.5, 0.6) is 0 Å². The molecular weight excluding hydrogens is 589 g/mol. The number of fused-ring (bicyclic) bond motifs is 3. The Bertz CT molecular complexity index is 2570. The van der Waals surface area contributed by atoms with Crippen molar-refractivity contribution in [3.63, 3.8) is 0 Å². The number of rotatable bonds is 5. The van der Waals surface area contributed by atoms with Gasteiger partial charge in [0.2, 0.25) is 0 Å². The first-order valence-corrected chi connectivity index (χ1v) is 15.7. The van der Waals surface area contributed by atoms with E-state index in [1.807, 2.05) is 91.1 Å². The molecule has 0 amide bonds. The minimum absolute atomic E-state index is 0.189. The highest BCUT2D eigenvalue weighted by Crippen LogP contribution is 2.38. The van der Waals surface area contributed by atoms with Crippen LogP contribution in [0, 0.1) is 16.7 Å². The zero-order chi connectivity index (χ0) is 32.5. The second-order valence-corrected chi connectivity index (χ2v) is 11.6. The maximum atomic E-state index is 9.21. The van der Waals surface area contributed by atoms with Crippen LogP contribution in [-0.2, 0) is 0 Å². The van der Waals surface area contributed by atoms with Crippen molar-refractivity contribution in [2.75, 3.05) is 0 Å². The Labute approximate surface area is 277 Å². The number of hydrogen-bond acceptors (Lipinski definition) is 3. The summed E-state index contributed by atoms with van der Waals surface area (Å²) in [6.45, 7) is 0. The molecule has 2 aromatic heterocycles. The Balaban J connectivity index is 1.09. The number of aromatic nitrogens is 1. The maximum Gasteiger partial charge on any atom is 0.154 e. The van der Waals surface area contributed by atoms with Crippen LogP contribution in [0.4, 0.5) is 0 Å². The number of nitrogens with zero attached hydrogens (tertiary/aromatic N) is 2. The Morgan fingerprint density at radius 3 is 2.00 bits per heavy atom. The number of nitrogens with one attached hydrogen (secondary N) is 2. The van der Waals surface area contributed by atoms with Crippen molar-refractivity contribution >= 4 is 27.8 Å². The van der Waals surface area contributed by atoms with Gasteiger partial charge in [0.05, 0.1) is 11.6 Å². The highest BCUT2D eigenvalue weighted by Gasteiger charge is 2.14. The van der Waals surface area contributed by atoms with Crippen LogP contribution in [0.1, 0.15) is 11.1 Å². The molecule has 0 spiro atoms. The molecule has 5 nitrogen and oxygen atoms in total. The van der Waals surface area contributed by atoms with Gasteiger partial charge in [-0.05, 0) is 87.5 Å². The number of furan rings is 1. The molecule has 0 aliphatic heterocycles. The van der Waals surface area contributed by atoms with Gasteiger partial charge in [0, 0.05) is 28.1 Å². The van der Waals surface area contributed by atoms with E-state index in [0.717, 1.165) is 72.0 Å². The molecule has 0 aliphatic carbocycles. The first-order valence-electron chi connectivity index (χ1n) is 15.7. The minimum atomic E-state index is 0.189. The molecule has 226 valence electrons. The average molecular weight is 617 g/mol. The van der Waals surface area contributed by atoms with E-state index in [9.17, 15) is 5.26 Å². The van der Waals surface area contributed by atoms with Gasteiger partial charge in [-0.25, -0.2) is 4.99 Å². The summed E-state index contributed by atoms with van der Waals surface area (Å²) in [6.07, 6.45) is 1.92. The van der Waals surface area contributed by atoms with Crippen molar-refractivity contribution in [3.05, 3.63) is 174 Å². The van der Waals surface area contributed by atoms with Crippen LogP contribution in [-0.4, -0.2) is 10.8 Å². The molecule has 0 aliphatic rings. The molecule has 2 heterocycles. The van der Waals surface area contributed by atoms with Gasteiger partial charge in [0.25, 0.3) is 0 Å². The number of pyridine rings is 1. The summed E-state index contributed by atoms with van der Waals surface area (Å²) in [7, 11) is 0. The third-order valence-corrected chi connectivity index (χ3v) is 8.62. The average Bonchev–Trinajstić information content (AvgIpc) is 3.54. The Kier molecular flexibility index (Phi) is 7.29. The van der Waals surface area contributed by atoms with E-state index in [0.29, 0.717) is 11.1 Å². The molecule has 0 unspecified atom stereocenters. The summed E-state index contributed by atoms with van der Waals surface area (Å²) in [6, 6.07) is 52.8. The van der Waals surface area contributed by atoms with Gasteiger partial charge in [-0.1, -0.05) is 103 Å². The Hall–Kier alpha value is -6.77. The van der Waals surface area contributed by atoms with Crippen LogP contribution >= 0.6 is 0 Å². The zero-order valence-corrected chi connectivity index (χ0v) is 25.8. The summed E-state index contributed by atoms with van der Waals surface area (Å²) in [4.78, 5) is 7.77. The van der Waals surface area contributed by atoms with Crippen LogP contribution < -0.4 is 5.49 Å². The van der Waals surface area contributed by atoms with E-state index in [-0.39, 0.29) is 5.84 Å². The zero-order valence-electron chi connectivity index (χ0n) is 25.8. The monoisotopic (exact) mass is 616 g/mol.